The number of rotatable bonds is 5. The van der Waals surface area contributed by atoms with Crippen molar-refractivity contribution < 1.29 is 14.4 Å². The summed E-state index contributed by atoms with van der Waals surface area (Å²) in [5.41, 5.74) is 1.94. The van der Waals surface area contributed by atoms with Gasteiger partial charge >= 0.3 is 6.03 Å². The predicted molar refractivity (Wildman–Crippen MR) is 84.7 cm³/mol. The molecule has 2 heterocycles. The molecule has 1 aliphatic rings. The van der Waals surface area contributed by atoms with Crippen LogP contribution in [0, 0.1) is 0 Å². The topological polar surface area (TPSA) is 94.3 Å². The molecule has 1 aromatic heterocycles. The zero-order valence-corrected chi connectivity index (χ0v) is 12.8. The Balaban J connectivity index is 1.73. The number of amides is 4. The van der Waals surface area contributed by atoms with Crippen LogP contribution >= 0.6 is 0 Å². The molecule has 0 spiro atoms. The van der Waals surface area contributed by atoms with Crippen LogP contribution in [0.2, 0.25) is 0 Å². The number of aromatic amines is 1. The monoisotopic (exact) mass is 314 g/mol. The van der Waals surface area contributed by atoms with Gasteiger partial charge in [0.1, 0.15) is 12.6 Å². The molecule has 1 saturated heterocycles. The zero-order valence-electron chi connectivity index (χ0n) is 12.8. The molecule has 1 aliphatic heterocycles. The fourth-order valence-corrected chi connectivity index (χ4v) is 2.78. The second kappa shape index (κ2) is 6.12. The van der Waals surface area contributed by atoms with Gasteiger partial charge in [-0.15, -0.1) is 0 Å². The lowest BCUT2D eigenvalue weighted by molar-refractivity contribution is -0.132. The van der Waals surface area contributed by atoms with Crippen molar-refractivity contribution in [2.45, 2.75) is 19.4 Å². The quantitative estimate of drug-likeness (QED) is 0.711. The van der Waals surface area contributed by atoms with Gasteiger partial charge in [0.25, 0.3) is 5.91 Å². The molecule has 0 aliphatic carbocycles. The summed E-state index contributed by atoms with van der Waals surface area (Å²) < 4.78 is 0. The summed E-state index contributed by atoms with van der Waals surface area (Å²) in [6.45, 7) is 1.99. The lowest BCUT2D eigenvalue weighted by Gasteiger charge is -2.12. The Bertz CT molecular complexity index is 768. The highest BCUT2D eigenvalue weighted by molar-refractivity contribution is 6.06. The summed E-state index contributed by atoms with van der Waals surface area (Å²) in [6.07, 6.45) is 2.23. The molecule has 2 aromatic rings. The van der Waals surface area contributed by atoms with Gasteiger partial charge in [-0.25, -0.2) is 4.79 Å². The highest BCUT2D eigenvalue weighted by Gasteiger charge is 2.39. The van der Waals surface area contributed by atoms with Crippen LogP contribution in [0.3, 0.4) is 0 Å². The minimum atomic E-state index is -0.642. The fourth-order valence-electron chi connectivity index (χ4n) is 2.78. The maximum atomic E-state index is 12.4. The van der Waals surface area contributed by atoms with Gasteiger partial charge < -0.3 is 15.6 Å². The van der Waals surface area contributed by atoms with Crippen LogP contribution in [0.25, 0.3) is 10.9 Å². The number of hydrogen-bond donors (Lipinski definition) is 3. The first-order chi connectivity index (χ1) is 11.1. The number of imide groups is 1. The van der Waals surface area contributed by atoms with Crippen LogP contribution in [-0.2, 0) is 16.0 Å². The van der Waals surface area contributed by atoms with Gasteiger partial charge in [0.15, 0.2) is 0 Å². The maximum absolute atomic E-state index is 12.4. The molecule has 120 valence electrons. The van der Waals surface area contributed by atoms with Gasteiger partial charge in [-0.1, -0.05) is 18.2 Å². The minimum Gasteiger partial charge on any atom is -0.361 e. The first kappa shape index (κ1) is 15.1. The van der Waals surface area contributed by atoms with E-state index in [0.717, 1.165) is 21.4 Å². The predicted octanol–water partition coefficient (Wildman–Crippen LogP) is 0.767. The van der Waals surface area contributed by atoms with Crippen LogP contribution in [0.15, 0.2) is 30.5 Å². The molecule has 4 amide bonds. The van der Waals surface area contributed by atoms with E-state index in [-0.39, 0.29) is 18.4 Å². The summed E-state index contributed by atoms with van der Waals surface area (Å²) >= 11 is 0. The van der Waals surface area contributed by atoms with Crippen molar-refractivity contribution >= 4 is 28.7 Å². The molecule has 1 fully saturated rings. The summed E-state index contributed by atoms with van der Waals surface area (Å²) in [7, 11) is 0. The second-order valence-corrected chi connectivity index (χ2v) is 5.44. The van der Waals surface area contributed by atoms with E-state index in [2.05, 4.69) is 15.6 Å². The van der Waals surface area contributed by atoms with E-state index >= 15 is 0 Å². The Morgan fingerprint density at radius 2 is 2.09 bits per heavy atom. The van der Waals surface area contributed by atoms with Crippen LogP contribution < -0.4 is 10.6 Å². The van der Waals surface area contributed by atoms with E-state index in [1.165, 1.54) is 0 Å². The molecule has 7 nitrogen and oxygen atoms in total. The van der Waals surface area contributed by atoms with E-state index in [1.807, 2.05) is 30.5 Å². The van der Waals surface area contributed by atoms with Crippen LogP contribution in [0.1, 0.15) is 12.5 Å². The summed E-state index contributed by atoms with van der Waals surface area (Å²) in [5.74, 6) is -0.713. The summed E-state index contributed by atoms with van der Waals surface area (Å²) in [6, 6.07) is 6.61. The number of fused-ring (bicyclic) bond motifs is 1. The number of carbonyl (C=O) groups is 3. The van der Waals surface area contributed by atoms with Crippen molar-refractivity contribution in [2.75, 3.05) is 13.1 Å². The number of para-hydroxylation sites is 1. The number of likely N-dealkylation sites (N-methyl/N-ethyl adjacent to an activating group) is 1. The van der Waals surface area contributed by atoms with Gasteiger partial charge in [-0.05, 0) is 18.6 Å². The van der Waals surface area contributed by atoms with Gasteiger partial charge in [-0.3, -0.25) is 14.5 Å². The first-order valence-corrected chi connectivity index (χ1v) is 7.53. The third kappa shape index (κ3) is 2.90. The van der Waals surface area contributed by atoms with Crippen LogP contribution in [-0.4, -0.2) is 46.9 Å². The highest BCUT2D eigenvalue weighted by atomic mass is 16.2. The standard InChI is InChI=1S/C16H18N4O3/c1-2-17-14(21)9-20-15(22)13(19-16(20)23)7-10-8-18-12-6-4-3-5-11(10)12/h3-6,8,13,18H,2,7,9H2,1H3,(H,17,21)(H,19,23)/t13-/m1/s1. The lowest BCUT2D eigenvalue weighted by atomic mass is 10.1. The Morgan fingerprint density at radius 1 is 1.30 bits per heavy atom. The molecule has 1 atom stereocenters. The molecule has 0 saturated carbocycles. The molecule has 3 rings (SSSR count). The van der Waals surface area contributed by atoms with Gasteiger partial charge in [-0.2, -0.15) is 0 Å². The molecule has 0 radical (unpaired) electrons. The Labute approximate surface area is 133 Å². The summed E-state index contributed by atoms with van der Waals surface area (Å²) in [5, 5.41) is 6.25. The van der Waals surface area contributed by atoms with Crippen LogP contribution in [0.4, 0.5) is 4.79 Å². The molecule has 1 aromatic carbocycles. The third-order valence-electron chi connectivity index (χ3n) is 3.88. The fraction of sp³-hybridized carbons (Fsp3) is 0.312. The Hall–Kier alpha value is -2.83. The first-order valence-electron chi connectivity index (χ1n) is 7.53. The number of nitrogens with zero attached hydrogens (tertiary/aromatic N) is 1. The second-order valence-electron chi connectivity index (χ2n) is 5.44. The lowest BCUT2D eigenvalue weighted by Crippen LogP contribution is -2.41. The number of H-pyrrole nitrogens is 1. The van der Waals surface area contributed by atoms with Crippen molar-refractivity contribution in [1.29, 1.82) is 0 Å². The minimum absolute atomic E-state index is 0.247. The Morgan fingerprint density at radius 3 is 2.87 bits per heavy atom. The van der Waals surface area contributed by atoms with Gasteiger partial charge in [0.05, 0.1) is 0 Å². The van der Waals surface area contributed by atoms with E-state index < -0.39 is 12.1 Å². The molecular formula is C16H18N4O3. The van der Waals surface area contributed by atoms with Gasteiger partial charge in [0.2, 0.25) is 5.91 Å². The third-order valence-corrected chi connectivity index (χ3v) is 3.88. The molecule has 3 N–H and O–H groups in total. The van der Waals surface area contributed by atoms with E-state index in [1.54, 1.807) is 6.92 Å². The molecule has 7 heteroatoms. The molecule has 23 heavy (non-hydrogen) atoms. The Kier molecular flexibility index (Phi) is 4.01. The zero-order chi connectivity index (χ0) is 16.4. The maximum Gasteiger partial charge on any atom is 0.325 e. The van der Waals surface area contributed by atoms with Crippen molar-refractivity contribution in [3.63, 3.8) is 0 Å². The average Bonchev–Trinajstić information content (AvgIpc) is 3.05. The molecular weight excluding hydrogens is 296 g/mol. The van der Waals surface area contributed by atoms with E-state index in [4.69, 9.17) is 0 Å². The smallest absolute Gasteiger partial charge is 0.325 e. The largest absolute Gasteiger partial charge is 0.361 e. The number of nitrogens with one attached hydrogen (secondary N) is 3. The van der Waals surface area contributed by atoms with Crippen molar-refractivity contribution in [1.82, 2.24) is 20.5 Å². The van der Waals surface area contributed by atoms with Crippen molar-refractivity contribution in [3.8, 4) is 0 Å². The normalized spacial score (nSPS) is 17.6. The van der Waals surface area contributed by atoms with Gasteiger partial charge in [0, 0.05) is 30.1 Å². The highest BCUT2D eigenvalue weighted by Crippen LogP contribution is 2.21. The molecule has 0 unspecified atom stereocenters. The van der Waals surface area contributed by atoms with Crippen molar-refractivity contribution in [3.05, 3.63) is 36.0 Å². The van der Waals surface area contributed by atoms with E-state index in [0.29, 0.717) is 13.0 Å². The summed E-state index contributed by atoms with van der Waals surface area (Å²) in [4.78, 5) is 40.0. The molecule has 0 bridgehead atoms. The number of hydrogen-bond acceptors (Lipinski definition) is 3. The average molecular weight is 314 g/mol. The van der Waals surface area contributed by atoms with Crippen molar-refractivity contribution in [2.24, 2.45) is 0 Å². The number of carbonyl (C=O) groups excluding carboxylic acids is 3. The number of urea groups is 1. The van der Waals surface area contributed by atoms with Crippen LogP contribution in [0.5, 0.6) is 0 Å². The van der Waals surface area contributed by atoms with E-state index in [9.17, 15) is 14.4 Å². The SMILES string of the molecule is CCNC(=O)CN1C(=O)N[C@H](Cc2c[nH]c3ccccc23)C1=O. The number of aromatic nitrogens is 1. The number of benzene rings is 1.